The third-order valence-corrected chi connectivity index (χ3v) is 3.20. The lowest BCUT2D eigenvalue weighted by molar-refractivity contribution is -0.135. The first-order chi connectivity index (χ1) is 7.38. The lowest BCUT2D eigenvalue weighted by Gasteiger charge is -2.16. The van der Waals surface area contributed by atoms with Crippen LogP contribution in [0.4, 0.5) is 0 Å². The van der Waals surface area contributed by atoms with E-state index in [1.165, 1.54) is 14.0 Å². The van der Waals surface area contributed by atoms with E-state index in [4.69, 9.17) is 9.79 Å². The molecule has 8 heteroatoms. The monoisotopic (exact) mass is 253 g/mol. The van der Waals surface area contributed by atoms with Crippen LogP contribution < -0.4 is 0 Å². The molecule has 94 valence electrons. The molecule has 1 atom stereocenters. The number of hydrogen-bond donors (Lipinski definition) is 2. The molecule has 1 unspecified atom stereocenters. The summed E-state index contributed by atoms with van der Waals surface area (Å²) in [6.45, 7) is 3.22. The van der Waals surface area contributed by atoms with Crippen LogP contribution in [0, 0.1) is 0 Å². The van der Waals surface area contributed by atoms with Crippen molar-refractivity contribution in [1.82, 2.24) is 0 Å². The van der Waals surface area contributed by atoms with Gasteiger partial charge in [0.2, 0.25) is 0 Å². The maximum absolute atomic E-state index is 11.4. The molecular formula is C8H16NO6P. The highest BCUT2D eigenvalue weighted by Gasteiger charge is 2.37. The zero-order valence-electron chi connectivity index (χ0n) is 9.41. The molecule has 0 spiro atoms. The Morgan fingerprint density at radius 2 is 2.00 bits per heavy atom. The minimum atomic E-state index is -4.45. The third-order valence-electron chi connectivity index (χ3n) is 1.78. The zero-order valence-corrected chi connectivity index (χ0v) is 10.3. The van der Waals surface area contributed by atoms with Gasteiger partial charge >= 0.3 is 13.6 Å². The molecule has 0 fully saturated rings. The molecule has 0 bridgehead atoms. The summed E-state index contributed by atoms with van der Waals surface area (Å²) in [7, 11) is -3.26. The molecule has 0 aliphatic rings. The topological polar surface area (TPSA) is 105 Å². The van der Waals surface area contributed by atoms with Crippen LogP contribution in [0.3, 0.4) is 0 Å². The summed E-state index contributed by atoms with van der Waals surface area (Å²) in [5.41, 5.74) is -1.69. The molecular weight excluding hydrogens is 237 g/mol. The van der Waals surface area contributed by atoms with Crippen LogP contribution in [0.25, 0.3) is 0 Å². The summed E-state index contributed by atoms with van der Waals surface area (Å²) in [6.07, 6.45) is 0.0608. The van der Waals surface area contributed by atoms with E-state index in [1.807, 2.05) is 0 Å². The van der Waals surface area contributed by atoms with Gasteiger partial charge in [-0.05, 0) is 13.3 Å². The van der Waals surface area contributed by atoms with E-state index < -0.39 is 19.2 Å². The molecule has 0 radical (unpaired) electrons. The van der Waals surface area contributed by atoms with E-state index >= 15 is 0 Å². The van der Waals surface area contributed by atoms with Gasteiger partial charge in [0.05, 0.1) is 6.61 Å². The number of nitrogens with zero attached hydrogens (tertiary/aromatic N) is 1. The number of oxime groups is 1. The second kappa shape index (κ2) is 6.62. The van der Waals surface area contributed by atoms with Gasteiger partial charge in [0, 0.05) is 0 Å². The van der Waals surface area contributed by atoms with Crippen molar-refractivity contribution in [3.05, 3.63) is 0 Å². The predicted octanol–water partition coefficient (Wildman–Crippen LogP) is 0.508. The second-order valence-corrected chi connectivity index (χ2v) is 4.69. The van der Waals surface area contributed by atoms with Crippen LogP contribution in [0.1, 0.15) is 20.3 Å². The van der Waals surface area contributed by atoms with Gasteiger partial charge in [-0.2, -0.15) is 0 Å². The summed E-state index contributed by atoms with van der Waals surface area (Å²) in [5, 5.41) is 3.33. The molecule has 0 aromatic carbocycles. The number of ether oxygens (including phenoxy) is 1. The van der Waals surface area contributed by atoms with Crippen LogP contribution in [0.5, 0.6) is 0 Å². The standard InChI is InChI=1S/C8H16NO6P/c1-4-6(16(11,12)13)7(9-14-3)8(10)15-5-2/h6H,4-5H2,1-3H3,(H2,11,12,13). The Morgan fingerprint density at radius 3 is 2.31 bits per heavy atom. The minimum absolute atomic E-state index is 0.0608. The molecule has 0 heterocycles. The van der Waals surface area contributed by atoms with Gasteiger partial charge in [0.1, 0.15) is 12.8 Å². The molecule has 7 nitrogen and oxygen atoms in total. The Morgan fingerprint density at radius 1 is 1.44 bits per heavy atom. The Bertz CT molecular complexity index is 310. The molecule has 0 aromatic heterocycles. The van der Waals surface area contributed by atoms with E-state index in [1.54, 1.807) is 6.92 Å². The molecule has 0 aliphatic heterocycles. The van der Waals surface area contributed by atoms with Crippen LogP contribution in [0.15, 0.2) is 5.16 Å². The Hall–Kier alpha value is -0.910. The number of carbonyl (C=O) groups excluding carboxylic acids is 1. The summed E-state index contributed by atoms with van der Waals surface area (Å²) in [4.78, 5) is 33.9. The van der Waals surface area contributed by atoms with Gasteiger partial charge in [0.25, 0.3) is 0 Å². The van der Waals surface area contributed by atoms with Crippen LogP contribution in [-0.4, -0.2) is 40.8 Å². The van der Waals surface area contributed by atoms with Crippen molar-refractivity contribution in [2.75, 3.05) is 13.7 Å². The average molecular weight is 253 g/mol. The number of esters is 1. The molecule has 2 N–H and O–H groups in total. The van der Waals surface area contributed by atoms with Crippen molar-refractivity contribution in [3.63, 3.8) is 0 Å². The van der Waals surface area contributed by atoms with Gasteiger partial charge < -0.3 is 19.4 Å². The van der Waals surface area contributed by atoms with Crippen molar-refractivity contribution in [2.45, 2.75) is 25.9 Å². The number of carbonyl (C=O) groups is 1. The number of hydrogen-bond acceptors (Lipinski definition) is 5. The number of rotatable bonds is 6. The predicted molar refractivity (Wildman–Crippen MR) is 57.2 cm³/mol. The van der Waals surface area contributed by atoms with Crippen molar-refractivity contribution >= 4 is 19.3 Å². The first kappa shape index (κ1) is 15.1. The van der Waals surface area contributed by atoms with Gasteiger partial charge in [-0.1, -0.05) is 12.1 Å². The first-order valence-electron chi connectivity index (χ1n) is 4.71. The molecule has 0 aliphatic carbocycles. The molecule has 0 rings (SSSR count). The highest BCUT2D eigenvalue weighted by Crippen LogP contribution is 2.43. The Balaban J connectivity index is 5.11. The smallest absolute Gasteiger partial charge is 0.357 e. The average Bonchev–Trinajstić information content (AvgIpc) is 2.16. The van der Waals surface area contributed by atoms with E-state index in [0.29, 0.717) is 0 Å². The lowest BCUT2D eigenvalue weighted by atomic mass is 10.2. The van der Waals surface area contributed by atoms with Crippen LogP contribution >= 0.6 is 7.60 Å². The minimum Gasteiger partial charge on any atom is -0.461 e. The quantitative estimate of drug-likeness (QED) is 0.309. The zero-order chi connectivity index (χ0) is 12.8. The fraction of sp³-hybridized carbons (Fsp3) is 0.750. The highest BCUT2D eigenvalue weighted by atomic mass is 31.2. The maximum Gasteiger partial charge on any atom is 0.357 e. The van der Waals surface area contributed by atoms with Crippen molar-refractivity contribution in [2.24, 2.45) is 5.16 Å². The van der Waals surface area contributed by atoms with E-state index in [9.17, 15) is 9.36 Å². The lowest BCUT2D eigenvalue weighted by Crippen LogP contribution is -2.30. The van der Waals surface area contributed by atoms with E-state index in [-0.39, 0.29) is 18.7 Å². The summed E-state index contributed by atoms with van der Waals surface area (Å²) < 4.78 is 15.8. The third kappa shape index (κ3) is 4.30. The van der Waals surface area contributed by atoms with Gasteiger partial charge in [-0.3, -0.25) is 4.57 Å². The fourth-order valence-electron chi connectivity index (χ4n) is 1.13. The van der Waals surface area contributed by atoms with Crippen LogP contribution in [-0.2, 0) is 18.9 Å². The highest BCUT2D eigenvalue weighted by molar-refractivity contribution is 7.54. The van der Waals surface area contributed by atoms with Crippen molar-refractivity contribution in [3.8, 4) is 0 Å². The molecule has 0 saturated heterocycles. The van der Waals surface area contributed by atoms with E-state index in [2.05, 4.69) is 14.7 Å². The van der Waals surface area contributed by atoms with E-state index in [0.717, 1.165) is 0 Å². The Labute approximate surface area is 93.6 Å². The van der Waals surface area contributed by atoms with Crippen molar-refractivity contribution < 1.29 is 28.7 Å². The normalized spacial score (nSPS) is 14.4. The Kier molecular flexibility index (Phi) is 6.25. The fourth-order valence-corrected chi connectivity index (χ4v) is 2.07. The largest absolute Gasteiger partial charge is 0.461 e. The summed E-state index contributed by atoms with van der Waals surface area (Å²) in [5.74, 6) is -0.875. The second-order valence-electron chi connectivity index (χ2n) is 2.89. The SMILES string of the molecule is CCOC(=O)C(=NOC)C(CC)P(=O)(O)O. The maximum atomic E-state index is 11.4. The first-order valence-corrected chi connectivity index (χ1v) is 6.39. The molecule has 16 heavy (non-hydrogen) atoms. The van der Waals surface area contributed by atoms with Gasteiger partial charge in [0.15, 0.2) is 5.71 Å². The molecule has 0 amide bonds. The van der Waals surface area contributed by atoms with Crippen LogP contribution in [0.2, 0.25) is 0 Å². The van der Waals surface area contributed by atoms with Gasteiger partial charge in [-0.15, -0.1) is 0 Å². The molecule has 0 saturated carbocycles. The van der Waals surface area contributed by atoms with Crippen molar-refractivity contribution in [1.29, 1.82) is 0 Å². The molecule has 0 aromatic rings. The summed E-state index contributed by atoms with van der Waals surface area (Å²) >= 11 is 0. The summed E-state index contributed by atoms with van der Waals surface area (Å²) in [6, 6.07) is 0. The van der Waals surface area contributed by atoms with Gasteiger partial charge in [-0.25, -0.2) is 4.79 Å².